The lowest BCUT2D eigenvalue weighted by molar-refractivity contribution is -0.183. The van der Waals surface area contributed by atoms with Gasteiger partial charge in [-0.05, 0) is 37.8 Å². The molecule has 0 unspecified atom stereocenters. The van der Waals surface area contributed by atoms with Gasteiger partial charge in [0.1, 0.15) is 0 Å². The highest BCUT2D eigenvalue weighted by Gasteiger charge is 2.42. The highest BCUT2D eigenvalue weighted by atomic mass is 19.4. The lowest BCUT2D eigenvalue weighted by atomic mass is 9.85. The van der Waals surface area contributed by atoms with Crippen molar-refractivity contribution in [1.82, 2.24) is 5.32 Å². The minimum atomic E-state index is -4.16. The molecule has 1 saturated carbocycles. The largest absolute Gasteiger partial charge is 0.391 e. The maximum atomic E-state index is 12.7. The van der Waals surface area contributed by atoms with Crippen molar-refractivity contribution in [3.63, 3.8) is 0 Å². The predicted octanol–water partition coefficient (Wildman–Crippen LogP) is 3.85. The molecular weight excluding hydrogens is 267 g/mol. The number of benzene rings is 1. The van der Waals surface area contributed by atoms with Gasteiger partial charge in [0.2, 0.25) is 0 Å². The fourth-order valence-corrected chi connectivity index (χ4v) is 2.71. The molecule has 1 aliphatic rings. The fraction of sp³-hybridized carbons (Fsp3) is 0.533. The number of aryl methyl sites for hydroxylation is 1. The lowest BCUT2D eigenvalue weighted by Gasteiger charge is -2.31. The third-order valence-electron chi connectivity index (χ3n) is 3.86. The summed E-state index contributed by atoms with van der Waals surface area (Å²) in [5, 5.41) is 2.74. The first-order chi connectivity index (χ1) is 9.38. The van der Waals surface area contributed by atoms with Gasteiger partial charge in [-0.15, -0.1) is 0 Å². The third-order valence-corrected chi connectivity index (χ3v) is 3.86. The summed E-state index contributed by atoms with van der Waals surface area (Å²) in [5.74, 6) is -1.57. The summed E-state index contributed by atoms with van der Waals surface area (Å²) >= 11 is 0. The highest BCUT2D eigenvalue weighted by Crippen LogP contribution is 2.37. The second-order valence-electron chi connectivity index (χ2n) is 5.39. The minimum absolute atomic E-state index is 0.0128. The Morgan fingerprint density at radius 3 is 2.60 bits per heavy atom. The maximum absolute atomic E-state index is 12.7. The molecule has 1 aromatic carbocycles. The smallest absolute Gasteiger partial charge is 0.349 e. The third kappa shape index (κ3) is 3.52. The zero-order valence-electron chi connectivity index (χ0n) is 11.3. The van der Waals surface area contributed by atoms with Crippen molar-refractivity contribution in [2.24, 2.45) is 5.92 Å². The second kappa shape index (κ2) is 5.85. The van der Waals surface area contributed by atoms with E-state index in [1.54, 1.807) is 12.1 Å². The Kier molecular flexibility index (Phi) is 4.35. The molecule has 0 saturated heterocycles. The Labute approximate surface area is 116 Å². The molecule has 5 heteroatoms. The van der Waals surface area contributed by atoms with Gasteiger partial charge < -0.3 is 5.32 Å². The molecular formula is C15H18F3NO. The first-order valence-electron chi connectivity index (χ1n) is 6.81. The Balaban J connectivity index is 2.00. The van der Waals surface area contributed by atoms with E-state index in [0.29, 0.717) is 18.4 Å². The van der Waals surface area contributed by atoms with Crippen LogP contribution in [0, 0.1) is 12.8 Å². The van der Waals surface area contributed by atoms with Crippen LogP contribution in [0.5, 0.6) is 0 Å². The highest BCUT2D eigenvalue weighted by molar-refractivity contribution is 5.95. The first kappa shape index (κ1) is 14.9. The number of alkyl halides is 3. The van der Waals surface area contributed by atoms with Gasteiger partial charge in [-0.25, -0.2) is 0 Å². The topological polar surface area (TPSA) is 29.1 Å². The molecule has 0 aromatic heterocycles. The van der Waals surface area contributed by atoms with Crippen LogP contribution >= 0.6 is 0 Å². The fourth-order valence-electron chi connectivity index (χ4n) is 2.71. The van der Waals surface area contributed by atoms with Crippen LogP contribution in [0.2, 0.25) is 0 Å². The molecule has 1 aromatic rings. The zero-order valence-corrected chi connectivity index (χ0v) is 11.3. The van der Waals surface area contributed by atoms with Crippen LogP contribution in [-0.2, 0) is 0 Å². The van der Waals surface area contributed by atoms with Gasteiger partial charge in [0.15, 0.2) is 0 Å². The minimum Gasteiger partial charge on any atom is -0.349 e. The van der Waals surface area contributed by atoms with Gasteiger partial charge in [-0.1, -0.05) is 24.6 Å². The van der Waals surface area contributed by atoms with Gasteiger partial charge in [0, 0.05) is 11.6 Å². The standard InChI is InChI=1S/C15H18F3NO/c1-10-5-2-3-8-13(10)14(20)19-12-7-4-6-11(9-12)15(16,17)18/h2-3,5,8,11-12H,4,6-7,9H2,1H3,(H,19,20)/t11-,12+/m1/s1. The number of carbonyl (C=O) groups excluding carboxylic acids is 1. The Morgan fingerprint density at radius 1 is 1.25 bits per heavy atom. The van der Waals surface area contributed by atoms with Crippen LogP contribution in [0.1, 0.15) is 41.6 Å². The molecule has 1 amide bonds. The van der Waals surface area contributed by atoms with Crippen LogP contribution < -0.4 is 5.32 Å². The summed E-state index contributed by atoms with van der Waals surface area (Å²) in [5.41, 5.74) is 1.36. The zero-order chi connectivity index (χ0) is 14.8. The van der Waals surface area contributed by atoms with Crippen LogP contribution in [-0.4, -0.2) is 18.1 Å². The normalized spacial score (nSPS) is 23.4. The van der Waals surface area contributed by atoms with Crippen LogP contribution in [0.15, 0.2) is 24.3 Å². The molecule has 0 spiro atoms. The molecule has 1 fully saturated rings. The average Bonchev–Trinajstić information content (AvgIpc) is 2.38. The molecule has 0 radical (unpaired) electrons. The molecule has 1 aliphatic carbocycles. The molecule has 2 atom stereocenters. The quantitative estimate of drug-likeness (QED) is 0.878. The van der Waals surface area contributed by atoms with E-state index in [4.69, 9.17) is 0 Å². The molecule has 110 valence electrons. The summed E-state index contributed by atoms with van der Waals surface area (Å²) < 4.78 is 38.2. The van der Waals surface area contributed by atoms with E-state index in [1.807, 2.05) is 19.1 Å². The van der Waals surface area contributed by atoms with Crippen LogP contribution in [0.4, 0.5) is 13.2 Å². The number of hydrogen-bond acceptors (Lipinski definition) is 1. The van der Waals surface area contributed by atoms with Crippen molar-refractivity contribution in [2.75, 3.05) is 0 Å². The molecule has 0 heterocycles. The van der Waals surface area contributed by atoms with E-state index in [-0.39, 0.29) is 24.8 Å². The van der Waals surface area contributed by atoms with Gasteiger partial charge in [-0.2, -0.15) is 13.2 Å². The summed E-state index contributed by atoms with van der Waals surface area (Å²) in [6.07, 6.45) is -2.89. The van der Waals surface area contributed by atoms with Crippen molar-refractivity contribution in [3.8, 4) is 0 Å². The maximum Gasteiger partial charge on any atom is 0.391 e. The number of rotatable bonds is 2. The number of nitrogens with one attached hydrogen (secondary N) is 1. The SMILES string of the molecule is Cc1ccccc1C(=O)N[C@H]1CCC[C@@H](C(F)(F)F)C1. The number of hydrogen-bond donors (Lipinski definition) is 1. The number of halogens is 3. The Hall–Kier alpha value is -1.52. The first-order valence-corrected chi connectivity index (χ1v) is 6.81. The molecule has 20 heavy (non-hydrogen) atoms. The number of amides is 1. The van der Waals surface area contributed by atoms with Gasteiger partial charge >= 0.3 is 6.18 Å². The van der Waals surface area contributed by atoms with Gasteiger partial charge in [-0.3, -0.25) is 4.79 Å². The van der Waals surface area contributed by atoms with E-state index in [9.17, 15) is 18.0 Å². The Bertz CT molecular complexity index is 484. The van der Waals surface area contributed by atoms with Crippen molar-refractivity contribution in [1.29, 1.82) is 0 Å². The summed E-state index contributed by atoms with van der Waals surface area (Å²) in [4.78, 5) is 12.1. The molecule has 0 bridgehead atoms. The summed E-state index contributed by atoms with van der Waals surface area (Å²) in [7, 11) is 0. The summed E-state index contributed by atoms with van der Waals surface area (Å²) in [6.45, 7) is 1.81. The van der Waals surface area contributed by atoms with Crippen molar-refractivity contribution in [3.05, 3.63) is 35.4 Å². The van der Waals surface area contributed by atoms with Gasteiger partial charge in [0.25, 0.3) is 5.91 Å². The lowest BCUT2D eigenvalue weighted by Crippen LogP contribution is -2.41. The average molecular weight is 285 g/mol. The van der Waals surface area contributed by atoms with E-state index in [2.05, 4.69) is 5.32 Å². The van der Waals surface area contributed by atoms with Crippen molar-refractivity contribution in [2.45, 2.75) is 44.8 Å². The number of carbonyl (C=O) groups is 1. The monoisotopic (exact) mass is 285 g/mol. The molecule has 1 N–H and O–H groups in total. The Morgan fingerprint density at radius 2 is 1.95 bits per heavy atom. The van der Waals surface area contributed by atoms with E-state index in [1.165, 1.54) is 0 Å². The van der Waals surface area contributed by atoms with Crippen molar-refractivity contribution < 1.29 is 18.0 Å². The second-order valence-corrected chi connectivity index (χ2v) is 5.39. The van der Waals surface area contributed by atoms with Crippen molar-refractivity contribution >= 4 is 5.91 Å². The van der Waals surface area contributed by atoms with Crippen LogP contribution in [0.25, 0.3) is 0 Å². The molecule has 2 rings (SSSR count). The molecule has 0 aliphatic heterocycles. The summed E-state index contributed by atoms with van der Waals surface area (Å²) in [6, 6.07) is 6.69. The van der Waals surface area contributed by atoms with E-state index in [0.717, 1.165) is 5.56 Å². The van der Waals surface area contributed by atoms with E-state index < -0.39 is 12.1 Å². The van der Waals surface area contributed by atoms with Crippen LogP contribution in [0.3, 0.4) is 0 Å². The molecule has 2 nitrogen and oxygen atoms in total. The predicted molar refractivity (Wildman–Crippen MR) is 70.4 cm³/mol. The van der Waals surface area contributed by atoms with Gasteiger partial charge in [0.05, 0.1) is 5.92 Å². The van der Waals surface area contributed by atoms with E-state index >= 15 is 0 Å².